The van der Waals surface area contributed by atoms with Crippen LogP contribution in [0.4, 0.5) is 5.69 Å². The van der Waals surface area contributed by atoms with Crippen LogP contribution in [0.5, 0.6) is 0 Å². The summed E-state index contributed by atoms with van der Waals surface area (Å²) in [5, 5.41) is 15.9. The number of hydrogen-bond donors (Lipinski definition) is 2. The molecule has 2 N–H and O–H groups in total. The van der Waals surface area contributed by atoms with E-state index in [1.165, 1.54) is 17.8 Å². The summed E-state index contributed by atoms with van der Waals surface area (Å²) in [4.78, 5) is 24.6. The second-order valence-corrected chi connectivity index (χ2v) is 7.64. The number of carbonyl (C=O) groups is 2. The van der Waals surface area contributed by atoms with Gasteiger partial charge in [-0.2, -0.15) is 0 Å². The molecule has 2 amide bonds. The normalized spacial score (nSPS) is 13.4. The molecule has 0 spiro atoms. The number of anilines is 1. The van der Waals surface area contributed by atoms with Crippen molar-refractivity contribution in [1.29, 1.82) is 0 Å². The van der Waals surface area contributed by atoms with Crippen molar-refractivity contribution in [3.05, 3.63) is 52.5 Å². The number of aromatic nitrogens is 3. The molecule has 0 saturated heterocycles. The number of thiophene rings is 1. The summed E-state index contributed by atoms with van der Waals surface area (Å²) in [6, 6.07) is 11.1. The van der Waals surface area contributed by atoms with Gasteiger partial charge in [0.05, 0.1) is 11.4 Å². The van der Waals surface area contributed by atoms with E-state index >= 15 is 0 Å². The minimum atomic E-state index is -0.269. The molecule has 0 bridgehead atoms. The summed E-state index contributed by atoms with van der Waals surface area (Å²) >= 11 is 1.34. The number of fused-ring (bicyclic) bond motifs is 1. The van der Waals surface area contributed by atoms with Gasteiger partial charge in [0.15, 0.2) is 5.82 Å². The van der Waals surface area contributed by atoms with Crippen molar-refractivity contribution in [1.82, 2.24) is 20.1 Å². The van der Waals surface area contributed by atoms with Crippen LogP contribution in [-0.2, 0) is 17.8 Å². The van der Waals surface area contributed by atoms with Crippen LogP contribution in [0.3, 0.4) is 0 Å². The lowest BCUT2D eigenvalue weighted by atomic mass is 10.2. The van der Waals surface area contributed by atoms with E-state index in [1.54, 1.807) is 12.1 Å². The number of hydrogen-bond acceptors (Lipinski definition) is 5. The predicted octanol–water partition coefficient (Wildman–Crippen LogP) is 3.10. The van der Waals surface area contributed by atoms with Gasteiger partial charge in [-0.1, -0.05) is 12.5 Å². The van der Waals surface area contributed by atoms with Crippen molar-refractivity contribution in [2.75, 3.05) is 11.9 Å². The minimum absolute atomic E-state index is 0.0732. The Morgan fingerprint density at radius 2 is 1.93 bits per heavy atom. The first-order valence-corrected chi connectivity index (χ1v) is 10.2. The van der Waals surface area contributed by atoms with E-state index in [0.717, 1.165) is 43.0 Å². The first kappa shape index (κ1) is 18.4. The fraction of sp³-hybridized carbons (Fsp3) is 0.300. The summed E-state index contributed by atoms with van der Waals surface area (Å²) in [7, 11) is 0. The number of aryl methyl sites for hydroxylation is 1. The van der Waals surface area contributed by atoms with Crippen LogP contribution in [0, 0.1) is 0 Å². The third-order valence-corrected chi connectivity index (χ3v) is 5.56. The Hall–Kier alpha value is -3.00. The molecule has 0 unspecified atom stereocenters. The molecule has 1 aliphatic rings. The Kier molecular flexibility index (Phi) is 5.48. The van der Waals surface area contributed by atoms with Gasteiger partial charge < -0.3 is 15.2 Å². The molecule has 3 aromatic rings. The lowest BCUT2D eigenvalue weighted by Gasteiger charge is -2.09. The molecule has 2 aromatic heterocycles. The average molecular weight is 395 g/mol. The highest BCUT2D eigenvalue weighted by Gasteiger charge is 2.16. The number of amides is 2. The third-order valence-electron chi connectivity index (χ3n) is 4.69. The van der Waals surface area contributed by atoms with Gasteiger partial charge in [0, 0.05) is 24.2 Å². The number of benzene rings is 1. The van der Waals surface area contributed by atoms with Crippen molar-refractivity contribution in [3.63, 3.8) is 0 Å². The Morgan fingerprint density at radius 3 is 2.71 bits per heavy atom. The second kappa shape index (κ2) is 8.35. The maximum absolute atomic E-state index is 12.1. The molecule has 0 atom stereocenters. The molecule has 3 heterocycles. The van der Waals surface area contributed by atoms with Crippen molar-refractivity contribution in [2.45, 2.75) is 32.2 Å². The Bertz CT molecular complexity index is 963. The van der Waals surface area contributed by atoms with E-state index in [0.29, 0.717) is 10.6 Å². The topological polar surface area (TPSA) is 88.9 Å². The van der Waals surface area contributed by atoms with Crippen molar-refractivity contribution >= 4 is 28.8 Å². The molecule has 144 valence electrons. The van der Waals surface area contributed by atoms with Crippen LogP contribution < -0.4 is 10.6 Å². The molecule has 0 radical (unpaired) electrons. The van der Waals surface area contributed by atoms with Crippen LogP contribution in [0.2, 0.25) is 0 Å². The average Bonchev–Trinajstić information content (AvgIpc) is 3.33. The molecule has 0 aliphatic carbocycles. The zero-order valence-electron chi connectivity index (χ0n) is 15.4. The molecule has 4 rings (SSSR count). The summed E-state index contributed by atoms with van der Waals surface area (Å²) in [5.41, 5.74) is 1.65. The van der Waals surface area contributed by atoms with Gasteiger partial charge in [0.2, 0.25) is 5.91 Å². The summed E-state index contributed by atoms with van der Waals surface area (Å²) in [5.74, 6) is 1.41. The highest BCUT2D eigenvalue weighted by molar-refractivity contribution is 7.12. The van der Waals surface area contributed by atoms with E-state index in [9.17, 15) is 9.59 Å². The van der Waals surface area contributed by atoms with Crippen LogP contribution >= 0.6 is 11.3 Å². The lowest BCUT2D eigenvalue weighted by molar-refractivity contribution is -0.115. The van der Waals surface area contributed by atoms with Gasteiger partial charge in [-0.25, -0.2) is 0 Å². The highest BCUT2D eigenvalue weighted by atomic mass is 32.1. The molecule has 1 aromatic carbocycles. The first-order valence-electron chi connectivity index (χ1n) is 9.35. The Balaban J connectivity index is 1.36. The van der Waals surface area contributed by atoms with Gasteiger partial charge >= 0.3 is 0 Å². The zero-order chi connectivity index (χ0) is 19.3. The number of rotatable bonds is 5. The fourth-order valence-corrected chi connectivity index (χ4v) is 3.90. The largest absolute Gasteiger partial charge is 0.342 e. The van der Waals surface area contributed by atoms with E-state index in [4.69, 9.17) is 0 Å². The smallest absolute Gasteiger partial charge is 0.261 e. The van der Waals surface area contributed by atoms with Crippen LogP contribution in [-0.4, -0.2) is 33.1 Å². The Labute approximate surface area is 166 Å². The van der Waals surface area contributed by atoms with E-state index in [-0.39, 0.29) is 18.4 Å². The van der Waals surface area contributed by atoms with Crippen LogP contribution in [0.1, 0.15) is 34.8 Å². The van der Waals surface area contributed by atoms with Gasteiger partial charge in [0.25, 0.3) is 5.91 Å². The number of carbonyl (C=O) groups excluding carboxylic acids is 2. The Morgan fingerprint density at radius 1 is 1.07 bits per heavy atom. The summed E-state index contributed by atoms with van der Waals surface area (Å²) in [6.07, 6.45) is 4.49. The fourth-order valence-electron chi connectivity index (χ4n) is 3.26. The molecule has 0 fully saturated rings. The van der Waals surface area contributed by atoms with E-state index in [2.05, 4.69) is 25.4 Å². The number of nitrogens with one attached hydrogen (secondary N) is 2. The summed E-state index contributed by atoms with van der Waals surface area (Å²) < 4.78 is 2.20. The minimum Gasteiger partial charge on any atom is -0.342 e. The van der Waals surface area contributed by atoms with E-state index in [1.807, 2.05) is 29.6 Å². The maximum atomic E-state index is 12.1. The third kappa shape index (κ3) is 4.12. The van der Waals surface area contributed by atoms with Crippen molar-refractivity contribution < 1.29 is 9.59 Å². The lowest BCUT2D eigenvalue weighted by Crippen LogP contribution is -2.32. The van der Waals surface area contributed by atoms with Gasteiger partial charge in [-0.3, -0.25) is 9.59 Å². The van der Waals surface area contributed by atoms with Gasteiger partial charge in [-0.05, 0) is 48.6 Å². The molecule has 1 aliphatic heterocycles. The maximum Gasteiger partial charge on any atom is 0.261 e. The van der Waals surface area contributed by atoms with E-state index < -0.39 is 0 Å². The predicted molar refractivity (Wildman–Crippen MR) is 108 cm³/mol. The molecular weight excluding hydrogens is 374 g/mol. The molecule has 0 saturated carbocycles. The monoisotopic (exact) mass is 395 g/mol. The molecule has 7 nitrogen and oxygen atoms in total. The molecule has 28 heavy (non-hydrogen) atoms. The molecular formula is C20H21N5O2S. The zero-order valence-corrected chi connectivity index (χ0v) is 16.2. The standard InChI is InChI=1S/C20H21N5O2S/c26-18(13-21-20(27)16-5-4-12-28-16)22-15-9-7-14(8-10-15)19-24-23-17-6-2-1-3-11-25(17)19/h4-5,7-10,12H,1-3,6,11,13H2,(H,21,27)(H,22,26). The number of nitrogens with zero attached hydrogens (tertiary/aromatic N) is 3. The van der Waals surface area contributed by atoms with Crippen molar-refractivity contribution in [3.8, 4) is 11.4 Å². The second-order valence-electron chi connectivity index (χ2n) is 6.69. The highest BCUT2D eigenvalue weighted by Crippen LogP contribution is 2.24. The van der Waals surface area contributed by atoms with Gasteiger partial charge in [-0.15, -0.1) is 21.5 Å². The SMILES string of the molecule is O=C(CNC(=O)c1cccs1)Nc1ccc(-c2nnc3n2CCCCC3)cc1. The quantitative estimate of drug-likeness (QED) is 0.695. The molecule has 8 heteroatoms. The van der Waals surface area contributed by atoms with Crippen molar-refractivity contribution in [2.24, 2.45) is 0 Å². The van der Waals surface area contributed by atoms with Crippen LogP contribution in [0.25, 0.3) is 11.4 Å². The summed E-state index contributed by atoms with van der Waals surface area (Å²) in [6.45, 7) is 0.871. The van der Waals surface area contributed by atoms with Gasteiger partial charge in [0.1, 0.15) is 5.82 Å². The first-order chi connectivity index (χ1) is 13.7. The van der Waals surface area contributed by atoms with Crippen LogP contribution in [0.15, 0.2) is 41.8 Å².